The molecule has 1 heterocycles. The minimum Gasteiger partial charge on any atom is -0.272 e. The van der Waals surface area contributed by atoms with Crippen LogP contribution in [-0.2, 0) is 9.63 Å². The van der Waals surface area contributed by atoms with E-state index in [-0.39, 0.29) is 11.3 Å². The first-order valence-corrected chi connectivity index (χ1v) is 4.51. The largest absolute Gasteiger partial charge is 0.272 e. The van der Waals surface area contributed by atoms with Gasteiger partial charge in [-0.1, -0.05) is 13.8 Å². The van der Waals surface area contributed by atoms with Crippen molar-refractivity contribution in [2.75, 3.05) is 13.7 Å². The van der Waals surface area contributed by atoms with Crippen LogP contribution in [0.1, 0.15) is 33.1 Å². The molecular weight excluding hydrogens is 154 g/mol. The van der Waals surface area contributed by atoms with Crippen LogP contribution in [0.4, 0.5) is 0 Å². The number of hydrogen-bond donors (Lipinski definition) is 0. The summed E-state index contributed by atoms with van der Waals surface area (Å²) in [5, 5.41) is 1.39. The minimum atomic E-state index is -0.203. The van der Waals surface area contributed by atoms with Crippen LogP contribution in [0.3, 0.4) is 0 Å². The molecule has 0 bridgehead atoms. The highest BCUT2D eigenvalue weighted by molar-refractivity contribution is 5.81. The van der Waals surface area contributed by atoms with E-state index in [0.717, 1.165) is 19.3 Å². The molecule has 3 heteroatoms. The molecule has 70 valence electrons. The maximum atomic E-state index is 11.7. The van der Waals surface area contributed by atoms with Gasteiger partial charge in [0.2, 0.25) is 0 Å². The molecule has 12 heavy (non-hydrogen) atoms. The van der Waals surface area contributed by atoms with Crippen LogP contribution >= 0.6 is 0 Å². The number of hydroxylamine groups is 2. The number of carbonyl (C=O) groups excluding carboxylic acids is 1. The van der Waals surface area contributed by atoms with Crippen molar-refractivity contribution in [2.24, 2.45) is 5.41 Å². The number of amides is 1. The molecule has 0 aliphatic carbocycles. The standard InChI is InChI=1S/C9H17NO2/c1-4-9(2)6-5-7-12-10(3)8(9)11/h4-7H2,1-3H3. The molecule has 1 atom stereocenters. The number of carbonyl (C=O) groups is 1. The molecular formula is C9H17NO2. The molecule has 0 aromatic rings. The summed E-state index contributed by atoms with van der Waals surface area (Å²) in [6, 6.07) is 0. The summed E-state index contributed by atoms with van der Waals surface area (Å²) in [6.07, 6.45) is 2.80. The Hall–Kier alpha value is -0.570. The van der Waals surface area contributed by atoms with Crippen LogP contribution in [0.25, 0.3) is 0 Å². The Kier molecular flexibility index (Phi) is 2.73. The van der Waals surface area contributed by atoms with E-state index in [9.17, 15) is 4.79 Å². The fraction of sp³-hybridized carbons (Fsp3) is 0.889. The van der Waals surface area contributed by atoms with Crippen molar-refractivity contribution in [1.82, 2.24) is 5.06 Å². The Labute approximate surface area is 73.6 Å². The van der Waals surface area contributed by atoms with Gasteiger partial charge < -0.3 is 0 Å². The lowest BCUT2D eigenvalue weighted by Gasteiger charge is -2.27. The van der Waals surface area contributed by atoms with Crippen LogP contribution < -0.4 is 0 Å². The van der Waals surface area contributed by atoms with Crippen LogP contribution in [0.2, 0.25) is 0 Å². The van der Waals surface area contributed by atoms with Gasteiger partial charge in [-0.05, 0) is 19.3 Å². The zero-order valence-electron chi connectivity index (χ0n) is 8.09. The highest BCUT2D eigenvalue weighted by Gasteiger charge is 2.35. The van der Waals surface area contributed by atoms with Gasteiger partial charge in [0.15, 0.2) is 0 Å². The predicted octanol–water partition coefficient (Wildman–Crippen LogP) is 1.59. The quantitative estimate of drug-likeness (QED) is 0.599. The van der Waals surface area contributed by atoms with Gasteiger partial charge in [0.05, 0.1) is 6.61 Å². The lowest BCUT2D eigenvalue weighted by atomic mass is 9.82. The molecule has 0 aromatic carbocycles. The first-order chi connectivity index (χ1) is 5.60. The average molecular weight is 171 g/mol. The minimum absolute atomic E-state index is 0.113. The zero-order chi connectivity index (χ0) is 9.19. The van der Waals surface area contributed by atoms with Gasteiger partial charge in [0, 0.05) is 12.5 Å². The summed E-state index contributed by atoms with van der Waals surface area (Å²) in [4.78, 5) is 16.9. The van der Waals surface area contributed by atoms with Gasteiger partial charge in [0.1, 0.15) is 0 Å². The van der Waals surface area contributed by atoms with Gasteiger partial charge in [-0.2, -0.15) is 0 Å². The first-order valence-electron chi connectivity index (χ1n) is 4.51. The van der Waals surface area contributed by atoms with E-state index in [4.69, 9.17) is 4.84 Å². The maximum absolute atomic E-state index is 11.7. The lowest BCUT2D eigenvalue weighted by Crippen LogP contribution is -2.37. The second-order valence-electron chi connectivity index (χ2n) is 3.65. The van der Waals surface area contributed by atoms with E-state index in [2.05, 4.69) is 6.92 Å². The van der Waals surface area contributed by atoms with Gasteiger partial charge >= 0.3 is 0 Å². The monoisotopic (exact) mass is 171 g/mol. The van der Waals surface area contributed by atoms with Crippen LogP contribution in [-0.4, -0.2) is 24.6 Å². The van der Waals surface area contributed by atoms with E-state index in [1.807, 2.05) is 6.92 Å². The van der Waals surface area contributed by atoms with Crippen molar-refractivity contribution < 1.29 is 9.63 Å². The Balaban J connectivity index is 2.77. The molecule has 0 saturated carbocycles. The van der Waals surface area contributed by atoms with Gasteiger partial charge in [0.25, 0.3) is 5.91 Å². The molecule has 0 aromatic heterocycles. The second kappa shape index (κ2) is 3.44. The molecule has 1 rings (SSSR count). The van der Waals surface area contributed by atoms with Gasteiger partial charge in [-0.3, -0.25) is 9.63 Å². The summed E-state index contributed by atoms with van der Waals surface area (Å²) in [6.45, 7) is 4.73. The van der Waals surface area contributed by atoms with Crippen molar-refractivity contribution in [2.45, 2.75) is 33.1 Å². The van der Waals surface area contributed by atoms with Crippen molar-refractivity contribution >= 4 is 5.91 Å². The molecule has 1 aliphatic rings. The molecule has 0 spiro atoms. The van der Waals surface area contributed by atoms with Crippen molar-refractivity contribution in [3.8, 4) is 0 Å². The Morgan fingerprint density at radius 3 is 2.92 bits per heavy atom. The smallest absolute Gasteiger partial charge is 0.251 e. The Bertz CT molecular complexity index is 181. The zero-order valence-corrected chi connectivity index (χ0v) is 8.09. The van der Waals surface area contributed by atoms with E-state index in [1.54, 1.807) is 7.05 Å². The van der Waals surface area contributed by atoms with Crippen molar-refractivity contribution in [1.29, 1.82) is 0 Å². The molecule has 0 N–H and O–H groups in total. The second-order valence-corrected chi connectivity index (χ2v) is 3.65. The summed E-state index contributed by atoms with van der Waals surface area (Å²) in [5.74, 6) is 0.113. The summed E-state index contributed by atoms with van der Waals surface area (Å²) in [7, 11) is 1.70. The van der Waals surface area contributed by atoms with Crippen LogP contribution in [0.5, 0.6) is 0 Å². The third-order valence-electron chi connectivity index (χ3n) is 2.74. The SMILES string of the molecule is CCC1(C)CCCON(C)C1=O. The van der Waals surface area contributed by atoms with Crippen molar-refractivity contribution in [3.05, 3.63) is 0 Å². The van der Waals surface area contributed by atoms with Crippen LogP contribution in [0.15, 0.2) is 0 Å². The van der Waals surface area contributed by atoms with E-state index < -0.39 is 0 Å². The Morgan fingerprint density at radius 2 is 2.33 bits per heavy atom. The van der Waals surface area contributed by atoms with E-state index in [1.165, 1.54) is 5.06 Å². The molecule has 1 aliphatic heterocycles. The highest BCUT2D eigenvalue weighted by Crippen LogP contribution is 2.31. The van der Waals surface area contributed by atoms with Crippen LogP contribution in [0, 0.1) is 5.41 Å². The maximum Gasteiger partial charge on any atom is 0.251 e. The predicted molar refractivity (Wildman–Crippen MR) is 46.4 cm³/mol. The molecule has 1 amide bonds. The number of nitrogens with zero attached hydrogens (tertiary/aromatic N) is 1. The average Bonchev–Trinajstić information content (AvgIpc) is 2.20. The van der Waals surface area contributed by atoms with E-state index >= 15 is 0 Å². The number of rotatable bonds is 1. The fourth-order valence-electron chi connectivity index (χ4n) is 1.54. The molecule has 1 saturated heterocycles. The highest BCUT2D eigenvalue weighted by atomic mass is 16.7. The van der Waals surface area contributed by atoms with Crippen molar-refractivity contribution in [3.63, 3.8) is 0 Å². The third kappa shape index (κ3) is 1.61. The van der Waals surface area contributed by atoms with Gasteiger partial charge in [-0.25, -0.2) is 5.06 Å². The Morgan fingerprint density at radius 1 is 1.67 bits per heavy atom. The topological polar surface area (TPSA) is 29.5 Å². The molecule has 1 fully saturated rings. The molecule has 0 radical (unpaired) electrons. The van der Waals surface area contributed by atoms with Gasteiger partial charge in [-0.15, -0.1) is 0 Å². The first kappa shape index (κ1) is 9.52. The summed E-state index contributed by atoms with van der Waals surface area (Å²) in [5.41, 5.74) is -0.203. The molecule has 1 unspecified atom stereocenters. The molecule has 3 nitrogen and oxygen atoms in total. The van der Waals surface area contributed by atoms with E-state index in [0.29, 0.717) is 6.61 Å². The summed E-state index contributed by atoms with van der Waals surface area (Å²) < 4.78 is 0. The third-order valence-corrected chi connectivity index (χ3v) is 2.74. The normalized spacial score (nSPS) is 31.9. The lowest BCUT2D eigenvalue weighted by molar-refractivity contribution is -0.182. The number of hydrogen-bond acceptors (Lipinski definition) is 2. The summed E-state index contributed by atoms with van der Waals surface area (Å²) >= 11 is 0. The fourth-order valence-corrected chi connectivity index (χ4v) is 1.54.